The molecule has 0 saturated heterocycles. The molecule has 0 fully saturated rings. The van der Waals surface area contributed by atoms with E-state index >= 15 is 0 Å². The Hall–Kier alpha value is -2.64. The minimum absolute atomic E-state index is 0.0496. The third kappa shape index (κ3) is 5.17. The van der Waals surface area contributed by atoms with E-state index in [0.29, 0.717) is 17.2 Å². The Morgan fingerprint density at radius 1 is 1.16 bits per heavy atom. The zero-order valence-corrected chi connectivity index (χ0v) is 15.3. The maximum Gasteiger partial charge on any atom is 0.282 e. The van der Waals surface area contributed by atoms with E-state index in [-0.39, 0.29) is 11.9 Å². The Labute approximate surface area is 150 Å². The van der Waals surface area contributed by atoms with Gasteiger partial charge in [0.05, 0.1) is 18.7 Å². The fourth-order valence-corrected chi connectivity index (χ4v) is 2.64. The van der Waals surface area contributed by atoms with Crippen molar-refractivity contribution >= 4 is 11.6 Å². The molecule has 2 rings (SSSR count). The quantitative estimate of drug-likeness (QED) is 0.852. The highest BCUT2D eigenvalue weighted by molar-refractivity contribution is 5.93. The van der Waals surface area contributed by atoms with Crippen molar-refractivity contribution in [2.24, 2.45) is 0 Å². The number of nitriles is 1. The molecule has 2 aromatic rings. The summed E-state index contributed by atoms with van der Waals surface area (Å²) in [5, 5.41) is 11.8. The first kappa shape index (κ1) is 18.7. The van der Waals surface area contributed by atoms with Gasteiger partial charge in [-0.15, -0.1) is 0 Å². The minimum Gasteiger partial charge on any atom is -0.324 e. The van der Waals surface area contributed by atoms with E-state index in [1.807, 2.05) is 14.0 Å². The molecule has 0 bridgehead atoms. The van der Waals surface area contributed by atoms with Gasteiger partial charge in [0, 0.05) is 11.3 Å². The van der Waals surface area contributed by atoms with Crippen molar-refractivity contribution in [2.75, 3.05) is 12.4 Å². The number of carbonyl (C=O) groups excluding carboxylic acids is 1. The van der Waals surface area contributed by atoms with Crippen LogP contribution < -0.4 is 10.2 Å². The number of anilines is 1. The fourth-order valence-electron chi connectivity index (χ4n) is 2.64. The number of hydrogen-bond donors (Lipinski definition) is 2. The first-order valence-electron chi connectivity index (χ1n) is 8.63. The normalized spacial score (nSPS) is 13.1. The van der Waals surface area contributed by atoms with Gasteiger partial charge in [-0.05, 0) is 36.6 Å². The molecule has 2 atom stereocenters. The molecule has 130 valence electrons. The number of carbonyl (C=O) groups is 1. The van der Waals surface area contributed by atoms with Crippen molar-refractivity contribution in [2.45, 2.75) is 39.3 Å². The van der Waals surface area contributed by atoms with Crippen LogP contribution in [0.15, 0.2) is 48.5 Å². The number of benzene rings is 2. The molecule has 0 aliphatic carbocycles. The van der Waals surface area contributed by atoms with Crippen LogP contribution in [0.2, 0.25) is 0 Å². The van der Waals surface area contributed by atoms with Gasteiger partial charge >= 0.3 is 0 Å². The molecule has 2 aromatic carbocycles. The molecule has 0 aliphatic rings. The first-order valence-corrected chi connectivity index (χ1v) is 8.63. The SMILES string of the molecule is CC(C)c1ccc(C[NH+](C)[C@@H](C)C(=O)Nc2cccc(C#N)c2)cc1. The van der Waals surface area contributed by atoms with E-state index in [1.54, 1.807) is 24.3 Å². The van der Waals surface area contributed by atoms with Gasteiger partial charge in [-0.3, -0.25) is 4.79 Å². The van der Waals surface area contributed by atoms with Crippen LogP contribution in [0.5, 0.6) is 0 Å². The number of rotatable bonds is 6. The van der Waals surface area contributed by atoms with Crippen molar-refractivity contribution in [3.05, 3.63) is 65.2 Å². The lowest BCUT2D eigenvalue weighted by Crippen LogP contribution is -3.12. The summed E-state index contributed by atoms with van der Waals surface area (Å²) in [7, 11) is 2.02. The van der Waals surface area contributed by atoms with Gasteiger partial charge in [0.15, 0.2) is 6.04 Å². The molecule has 0 aliphatic heterocycles. The molecule has 0 spiro atoms. The number of nitrogens with zero attached hydrogens (tertiary/aromatic N) is 1. The number of likely N-dealkylation sites (N-methyl/N-ethyl adjacent to an activating group) is 1. The molecule has 4 nitrogen and oxygen atoms in total. The zero-order chi connectivity index (χ0) is 18.4. The van der Waals surface area contributed by atoms with Gasteiger partial charge in [-0.1, -0.05) is 44.2 Å². The van der Waals surface area contributed by atoms with Crippen LogP contribution in [0, 0.1) is 11.3 Å². The Bertz CT molecular complexity index is 759. The average molecular weight is 336 g/mol. The van der Waals surface area contributed by atoms with Gasteiger partial charge in [-0.2, -0.15) is 5.26 Å². The second-order valence-corrected chi connectivity index (χ2v) is 6.82. The van der Waals surface area contributed by atoms with E-state index in [4.69, 9.17) is 5.26 Å². The summed E-state index contributed by atoms with van der Waals surface area (Å²) >= 11 is 0. The summed E-state index contributed by atoms with van der Waals surface area (Å²) in [5.74, 6) is 0.472. The maximum atomic E-state index is 12.5. The highest BCUT2D eigenvalue weighted by Gasteiger charge is 2.22. The van der Waals surface area contributed by atoms with E-state index in [9.17, 15) is 4.79 Å². The Kier molecular flexibility index (Phi) is 6.32. The summed E-state index contributed by atoms with van der Waals surface area (Å²) in [5.41, 5.74) is 3.74. The van der Waals surface area contributed by atoms with Crippen LogP contribution in [0.1, 0.15) is 43.4 Å². The lowest BCUT2D eigenvalue weighted by atomic mass is 10.0. The van der Waals surface area contributed by atoms with E-state index in [0.717, 1.165) is 11.4 Å². The van der Waals surface area contributed by atoms with Crippen molar-refractivity contribution in [3.8, 4) is 6.07 Å². The monoisotopic (exact) mass is 336 g/mol. The predicted octanol–water partition coefficient (Wildman–Crippen LogP) is 2.72. The van der Waals surface area contributed by atoms with E-state index < -0.39 is 0 Å². The largest absolute Gasteiger partial charge is 0.324 e. The summed E-state index contributed by atoms with van der Waals surface area (Å²) < 4.78 is 0. The number of amides is 1. The van der Waals surface area contributed by atoms with Crippen molar-refractivity contribution < 1.29 is 9.69 Å². The van der Waals surface area contributed by atoms with Gasteiger partial charge in [0.1, 0.15) is 6.54 Å². The fraction of sp³-hybridized carbons (Fsp3) is 0.333. The summed E-state index contributed by atoms with van der Waals surface area (Å²) in [6.45, 7) is 7.06. The summed E-state index contributed by atoms with van der Waals surface area (Å²) in [6.07, 6.45) is 0. The first-order chi connectivity index (χ1) is 11.9. The minimum atomic E-state index is -0.199. The van der Waals surface area contributed by atoms with Crippen LogP contribution in [-0.2, 0) is 11.3 Å². The number of quaternary nitrogens is 1. The van der Waals surface area contributed by atoms with Crippen molar-refractivity contribution in [1.29, 1.82) is 5.26 Å². The van der Waals surface area contributed by atoms with Gasteiger partial charge in [-0.25, -0.2) is 0 Å². The second kappa shape index (κ2) is 8.46. The smallest absolute Gasteiger partial charge is 0.282 e. The van der Waals surface area contributed by atoms with Gasteiger partial charge in [0.25, 0.3) is 5.91 Å². The average Bonchev–Trinajstić information content (AvgIpc) is 2.61. The van der Waals surface area contributed by atoms with Gasteiger partial charge < -0.3 is 10.2 Å². The molecule has 1 unspecified atom stereocenters. The van der Waals surface area contributed by atoms with Crippen molar-refractivity contribution in [3.63, 3.8) is 0 Å². The third-order valence-electron chi connectivity index (χ3n) is 4.52. The van der Waals surface area contributed by atoms with Crippen LogP contribution >= 0.6 is 0 Å². The number of hydrogen-bond acceptors (Lipinski definition) is 2. The lowest BCUT2D eigenvalue weighted by molar-refractivity contribution is -0.907. The van der Waals surface area contributed by atoms with E-state index in [1.165, 1.54) is 11.1 Å². The standard InChI is InChI=1S/C21H25N3O/c1-15(2)19-10-8-17(9-11-19)14-24(4)16(3)21(25)23-20-7-5-6-18(12-20)13-22/h5-12,15-16H,14H2,1-4H3,(H,23,25)/p+1/t16-/m0/s1. The zero-order valence-electron chi connectivity index (χ0n) is 15.3. The molecule has 0 radical (unpaired) electrons. The molecule has 0 heterocycles. The summed E-state index contributed by atoms with van der Waals surface area (Å²) in [6, 6.07) is 17.4. The Morgan fingerprint density at radius 2 is 1.84 bits per heavy atom. The second-order valence-electron chi connectivity index (χ2n) is 6.82. The molecule has 0 saturated carbocycles. The Morgan fingerprint density at radius 3 is 2.44 bits per heavy atom. The Balaban J connectivity index is 1.97. The summed E-state index contributed by atoms with van der Waals surface area (Å²) in [4.78, 5) is 13.6. The maximum absolute atomic E-state index is 12.5. The van der Waals surface area contributed by atoms with E-state index in [2.05, 4.69) is 49.5 Å². The molecular weight excluding hydrogens is 310 g/mol. The molecule has 0 aromatic heterocycles. The lowest BCUT2D eigenvalue weighted by Gasteiger charge is -2.21. The highest BCUT2D eigenvalue weighted by Crippen LogP contribution is 2.14. The van der Waals surface area contributed by atoms with Crippen molar-refractivity contribution in [1.82, 2.24) is 0 Å². The molecule has 2 N–H and O–H groups in total. The third-order valence-corrected chi connectivity index (χ3v) is 4.52. The van der Waals surface area contributed by atoms with Crippen LogP contribution in [0.3, 0.4) is 0 Å². The van der Waals surface area contributed by atoms with Crippen LogP contribution in [0.25, 0.3) is 0 Å². The predicted molar refractivity (Wildman–Crippen MR) is 100 cm³/mol. The van der Waals surface area contributed by atoms with Crippen LogP contribution in [0.4, 0.5) is 5.69 Å². The molecule has 4 heteroatoms. The highest BCUT2D eigenvalue weighted by atomic mass is 16.2. The van der Waals surface area contributed by atoms with Crippen LogP contribution in [-0.4, -0.2) is 19.0 Å². The number of nitrogens with one attached hydrogen (secondary N) is 2. The molecule has 25 heavy (non-hydrogen) atoms. The molecule has 1 amide bonds. The topological polar surface area (TPSA) is 57.3 Å². The van der Waals surface area contributed by atoms with Gasteiger partial charge in [0.2, 0.25) is 0 Å². The molecular formula is C21H26N3O+.